The van der Waals surface area contributed by atoms with Gasteiger partial charge in [-0.3, -0.25) is 4.68 Å². The van der Waals surface area contributed by atoms with E-state index in [0.29, 0.717) is 6.54 Å². The quantitative estimate of drug-likeness (QED) is 0.834. The maximum Gasteiger partial charge on any atom is 0.146 e. The lowest BCUT2D eigenvalue weighted by Gasteiger charge is -2.03. The molecular weight excluding hydrogens is 216 g/mol. The minimum Gasteiger partial charge on any atom is -0.317 e. The highest BCUT2D eigenvalue weighted by atomic mass is 15.3. The van der Waals surface area contributed by atoms with E-state index < -0.39 is 0 Å². The molecule has 2 aromatic heterocycles. The third-order valence-electron chi connectivity index (χ3n) is 2.90. The number of nitrogens with one attached hydrogen (secondary N) is 1. The number of aryl methyl sites for hydroxylation is 3. The van der Waals surface area contributed by atoms with Crippen molar-refractivity contribution in [2.24, 2.45) is 14.1 Å². The Hall–Kier alpha value is -1.69. The number of hydrogen-bond acceptors (Lipinski definition) is 4. The number of hydrogen-bond donors (Lipinski definition) is 1. The van der Waals surface area contributed by atoms with Crippen molar-refractivity contribution >= 4 is 0 Å². The van der Waals surface area contributed by atoms with E-state index in [2.05, 4.69) is 20.6 Å². The molecule has 0 aliphatic heterocycles. The van der Waals surface area contributed by atoms with Crippen LogP contribution in [0.2, 0.25) is 0 Å². The van der Waals surface area contributed by atoms with Crippen LogP contribution in [0.15, 0.2) is 6.20 Å². The summed E-state index contributed by atoms with van der Waals surface area (Å²) in [5.41, 5.74) is 2.28. The summed E-state index contributed by atoms with van der Waals surface area (Å²) in [5, 5.41) is 15.8. The molecule has 0 atom stereocenters. The summed E-state index contributed by atoms with van der Waals surface area (Å²) < 4.78 is 3.82. The predicted molar refractivity (Wildman–Crippen MR) is 64.2 cm³/mol. The molecular formula is C11H18N6. The Balaban J connectivity index is 1.92. The van der Waals surface area contributed by atoms with Crippen LogP contribution in [0, 0.1) is 13.8 Å². The maximum absolute atomic E-state index is 4.30. The van der Waals surface area contributed by atoms with E-state index in [4.69, 9.17) is 0 Å². The lowest BCUT2D eigenvalue weighted by atomic mass is 10.2. The molecule has 0 spiro atoms. The molecule has 0 bridgehead atoms. The van der Waals surface area contributed by atoms with Gasteiger partial charge in [0.1, 0.15) is 11.6 Å². The number of aromatic nitrogens is 5. The Morgan fingerprint density at radius 1 is 1.18 bits per heavy atom. The van der Waals surface area contributed by atoms with Crippen molar-refractivity contribution in [3.05, 3.63) is 29.1 Å². The van der Waals surface area contributed by atoms with Gasteiger partial charge in [-0.15, -0.1) is 10.2 Å². The molecule has 0 amide bonds. The van der Waals surface area contributed by atoms with Crippen molar-refractivity contribution in [1.29, 1.82) is 0 Å². The maximum atomic E-state index is 4.30. The third-order valence-corrected chi connectivity index (χ3v) is 2.90. The summed E-state index contributed by atoms with van der Waals surface area (Å²) in [6.45, 7) is 5.47. The summed E-state index contributed by atoms with van der Waals surface area (Å²) in [7, 11) is 3.91. The summed E-state index contributed by atoms with van der Waals surface area (Å²) in [5.74, 6) is 1.88. The van der Waals surface area contributed by atoms with E-state index in [-0.39, 0.29) is 0 Å². The fourth-order valence-electron chi connectivity index (χ4n) is 1.74. The second kappa shape index (κ2) is 4.67. The van der Waals surface area contributed by atoms with Gasteiger partial charge in [-0.2, -0.15) is 5.10 Å². The lowest BCUT2D eigenvalue weighted by molar-refractivity contribution is 0.632. The molecule has 0 unspecified atom stereocenters. The standard InChI is InChI=1S/C11H18N6/c1-8-10(7-16(3)15-8)5-12-6-11-14-13-9(2)17(11)4/h7,12H,5-6H2,1-4H3. The van der Waals surface area contributed by atoms with Crippen LogP contribution in [0.25, 0.3) is 0 Å². The van der Waals surface area contributed by atoms with Gasteiger partial charge in [-0.25, -0.2) is 0 Å². The van der Waals surface area contributed by atoms with Crippen molar-refractivity contribution in [1.82, 2.24) is 29.9 Å². The first-order chi connectivity index (χ1) is 8.08. The molecule has 0 radical (unpaired) electrons. The van der Waals surface area contributed by atoms with E-state index in [9.17, 15) is 0 Å². The fraction of sp³-hybridized carbons (Fsp3) is 0.545. The van der Waals surface area contributed by atoms with Crippen LogP contribution < -0.4 is 5.32 Å². The highest BCUT2D eigenvalue weighted by molar-refractivity contribution is 5.14. The number of rotatable bonds is 4. The van der Waals surface area contributed by atoms with Gasteiger partial charge in [0.05, 0.1) is 12.2 Å². The van der Waals surface area contributed by atoms with Crippen molar-refractivity contribution in [2.75, 3.05) is 0 Å². The van der Waals surface area contributed by atoms with Crippen LogP contribution in [-0.2, 0) is 27.2 Å². The minimum atomic E-state index is 0.714. The molecule has 2 heterocycles. The molecule has 0 aromatic carbocycles. The van der Waals surface area contributed by atoms with E-state index in [1.165, 1.54) is 5.56 Å². The first kappa shape index (κ1) is 11.8. The van der Waals surface area contributed by atoms with Crippen LogP contribution in [0.5, 0.6) is 0 Å². The van der Waals surface area contributed by atoms with Crippen molar-refractivity contribution in [3.8, 4) is 0 Å². The molecule has 0 saturated carbocycles. The Morgan fingerprint density at radius 3 is 2.47 bits per heavy atom. The molecule has 0 aliphatic rings. The zero-order valence-corrected chi connectivity index (χ0v) is 10.7. The molecule has 6 heteroatoms. The smallest absolute Gasteiger partial charge is 0.146 e. The summed E-state index contributed by atoms with van der Waals surface area (Å²) in [6, 6.07) is 0. The van der Waals surface area contributed by atoms with Gasteiger partial charge in [0, 0.05) is 32.4 Å². The van der Waals surface area contributed by atoms with Gasteiger partial charge < -0.3 is 9.88 Å². The Kier molecular flexibility index (Phi) is 3.23. The van der Waals surface area contributed by atoms with Crippen LogP contribution in [0.1, 0.15) is 22.9 Å². The largest absolute Gasteiger partial charge is 0.317 e. The van der Waals surface area contributed by atoms with Gasteiger partial charge in [-0.1, -0.05) is 0 Å². The molecule has 0 saturated heterocycles. The lowest BCUT2D eigenvalue weighted by Crippen LogP contribution is -2.16. The van der Waals surface area contributed by atoms with Crippen LogP contribution in [-0.4, -0.2) is 24.5 Å². The molecule has 6 nitrogen and oxygen atoms in total. The van der Waals surface area contributed by atoms with Gasteiger partial charge in [0.15, 0.2) is 0 Å². The fourth-order valence-corrected chi connectivity index (χ4v) is 1.74. The van der Waals surface area contributed by atoms with E-state index in [1.54, 1.807) is 0 Å². The van der Waals surface area contributed by atoms with Crippen molar-refractivity contribution in [2.45, 2.75) is 26.9 Å². The van der Waals surface area contributed by atoms with Gasteiger partial charge in [-0.05, 0) is 13.8 Å². The summed E-state index contributed by atoms with van der Waals surface area (Å²) in [4.78, 5) is 0. The van der Waals surface area contributed by atoms with Gasteiger partial charge in [0.2, 0.25) is 0 Å². The number of nitrogens with zero attached hydrogens (tertiary/aromatic N) is 5. The molecule has 0 fully saturated rings. The first-order valence-corrected chi connectivity index (χ1v) is 5.62. The van der Waals surface area contributed by atoms with E-state index in [0.717, 1.165) is 23.9 Å². The highest BCUT2D eigenvalue weighted by Crippen LogP contribution is 2.04. The average molecular weight is 234 g/mol. The monoisotopic (exact) mass is 234 g/mol. The van der Waals surface area contributed by atoms with Crippen molar-refractivity contribution in [3.63, 3.8) is 0 Å². The summed E-state index contributed by atoms with van der Waals surface area (Å²) >= 11 is 0. The SMILES string of the molecule is Cc1nn(C)cc1CNCc1nnc(C)n1C. The average Bonchev–Trinajstić information content (AvgIpc) is 2.75. The zero-order chi connectivity index (χ0) is 12.4. The predicted octanol–water partition coefficient (Wildman–Crippen LogP) is 0.455. The van der Waals surface area contributed by atoms with Gasteiger partial charge >= 0.3 is 0 Å². The molecule has 92 valence electrons. The van der Waals surface area contributed by atoms with E-state index in [1.807, 2.05) is 43.4 Å². The normalized spacial score (nSPS) is 11.1. The molecule has 2 rings (SSSR count). The Morgan fingerprint density at radius 2 is 1.94 bits per heavy atom. The van der Waals surface area contributed by atoms with E-state index >= 15 is 0 Å². The Bertz CT molecular complexity index is 508. The molecule has 0 aliphatic carbocycles. The van der Waals surface area contributed by atoms with Crippen LogP contribution in [0.3, 0.4) is 0 Å². The third kappa shape index (κ3) is 2.52. The first-order valence-electron chi connectivity index (χ1n) is 5.62. The zero-order valence-electron chi connectivity index (χ0n) is 10.7. The topological polar surface area (TPSA) is 60.6 Å². The second-order valence-electron chi connectivity index (χ2n) is 4.24. The summed E-state index contributed by atoms with van der Waals surface area (Å²) in [6.07, 6.45) is 2.03. The molecule has 1 N–H and O–H groups in total. The van der Waals surface area contributed by atoms with Gasteiger partial charge in [0.25, 0.3) is 0 Å². The molecule has 2 aromatic rings. The Labute approximate surface area is 101 Å². The molecule has 17 heavy (non-hydrogen) atoms. The van der Waals surface area contributed by atoms with Crippen LogP contribution in [0.4, 0.5) is 0 Å². The second-order valence-corrected chi connectivity index (χ2v) is 4.24. The minimum absolute atomic E-state index is 0.714. The van der Waals surface area contributed by atoms with Crippen LogP contribution >= 0.6 is 0 Å². The highest BCUT2D eigenvalue weighted by Gasteiger charge is 2.06. The van der Waals surface area contributed by atoms with Crippen molar-refractivity contribution < 1.29 is 0 Å².